The first-order valence-corrected chi connectivity index (χ1v) is 11.2. The minimum absolute atomic E-state index is 0. The van der Waals surface area contributed by atoms with Crippen molar-refractivity contribution in [2.45, 2.75) is 65.6 Å². The first kappa shape index (κ1) is 24.7. The van der Waals surface area contributed by atoms with Crippen LogP contribution in [0.3, 0.4) is 0 Å². The molecule has 1 saturated carbocycles. The van der Waals surface area contributed by atoms with E-state index in [-0.39, 0.29) is 30.1 Å². The number of rotatable bonds is 8. The summed E-state index contributed by atoms with van der Waals surface area (Å²) in [4.78, 5) is 10.6. The van der Waals surface area contributed by atoms with E-state index in [0.717, 1.165) is 53.1 Å². The lowest BCUT2D eigenvalue weighted by Gasteiger charge is -2.19. The Morgan fingerprint density at radius 2 is 2.00 bits per heavy atom. The fourth-order valence-corrected chi connectivity index (χ4v) is 4.31. The average Bonchev–Trinajstić information content (AvgIpc) is 3.34. The quantitative estimate of drug-likeness (QED) is 0.279. The van der Waals surface area contributed by atoms with Crippen molar-refractivity contribution in [2.24, 2.45) is 4.99 Å². The molecule has 2 N–H and O–H groups in total. The van der Waals surface area contributed by atoms with Crippen molar-refractivity contribution in [2.75, 3.05) is 13.7 Å². The van der Waals surface area contributed by atoms with Gasteiger partial charge < -0.3 is 20.1 Å². The lowest BCUT2D eigenvalue weighted by Crippen LogP contribution is -2.36. The molecule has 1 fully saturated rings. The molecule has 0 radical (unpaired) electrons. The Labute approximate surface area is 200 Å². The number of hydrogen-bond donors (Lipinski definition) is 2. The number of nitrogens with zero attached hydrogens (tertiary/aromatic N) is 2. The van der Waals surface area contributed by atoms with E-state index in [1.165, 1.54) is 17.7 Å². The van der Waals surface area contributed by atoms with E-state index < -0.39 is 0 Å². The number of aromatic nitrogens is 1. The van der Waals surface area contributed by atoms with E-state index >= 15 is 0 Å². The van der Waals surface area contributed by atoms with Gasteiger partial charge in [0.15, 0.2) is 17.5 Å². The summed E-state index contributed by atoms with van der Waals surface area (Å²) in [5, 5.41) is 7.76. The maximum absolute atomic E-state index is 6.32. The number of ether oxygens (including phenoxy) is 2. The van der Waals surface area contributed by atoms with Crippen LogP contribution in [0.25, 0.3) is 0 Å². The van der Waals surface area contributed by atoms with Gasteiger partial charge in [0, 0.05) is 17.0 Å². The van der Waals surface area contributed by atoms with Gasteiger partial charge in [0.05, 0.1) is 32.0 Å². The van der Waals surface area contributed by atoms with Crippen LogP contribution in [0.1, 0.15) is 53.7 Å². The molecule has 1 heterocycles. The van der Waals surface area contributed by atoms with Crippen LogP contribution in [-0.4, -0.2) is 30.7 Å². The lowest BCUT2D eigenvalue weighted by molar-refractivity contribution is 0.198. The Kier molecular flexibility index (Phi) is 10.2. The van der Waals surface area contributed by atoms with Crippen molar-refractivity contribution >= 4 is 41.3 Å². The Morgan fingerprint density at radius 1 is 1.23 bits per heavy atom. The highest BCUT2D eigenvalue weighted by Gasteiger charge is 2.20. The van der Waals surface area contributed by atoms with Crippen LogP contribution in [0.2, 0.25) is 0 Å². The zero-order chi connectivity index (χ0) is 20.6. The second-order valence-corrected chi connectivity index (χ2v) is 8.56. The third kappa shape index (κ3) is 6.73. The van der Waals surface area contributed by atoms with Crippen LogP contribution >= 0.6 is 35.3 Å². The number of para-hydroxylation sites is 1. The molecule has 0 unspecified atom stereocenters. The summed E-state index contributed by atoms with van der Waals surface area (Å²) < 4.78 is 11.9. The highest BCUT2D eigenvalue weighted by molar-refractivity contribution is 14.0. The van der Waals surface area contributed by atoms with E-state index in [1.807, 2.05) is 19.1 Å². The van der Waals surface area contributed by atoms with Crippen LogP contribution in [-0.2, 0) is 13.1 Å². The van der Waals surface area contributed by atoms with Crippen LogP contribution in [0.4, 0.5) is 0 Å². The van der Waals surface area contributed by atoms with Crippen LogP contribution < -0.4 is 20.1 Å². The molecule has 0 bridgehead atoms. The predicted molar refractivity (Wildman–Crippen MR) is 135 cm³/mol. The molecule has 2 aromatic rings. The molecule has 0 amide bonds. The summed E-state index contributed by atoms with van der Waals surface area (Å²) in [6.07, 6.45) is 4.96. The van der Waals surface area contributed by atoms with Gasteiger partial charge in [-0.25, -0.2) is 9.98 Å². The zero-order valence-electron chi connectivity index (χ0n) is 18.3. The highest BCUT2D eigenvalue weighted by Crippen LogP contribution is 2.35. The van der Waals surface area contributed by atoms with Crippen molar-refractivity contribution in [1.82, 2.24) is 15.6 Å². The summed E-state index contributed by atoms with van der Waals surface area (Å²) in [6.45, 7) is 8.19. The van der Waals surface area contributed by atoms with Crippen LogP contribution in [0.5, 0.6) is 11.5 Å². The normalized spacial score (nSPS) is 14.3. The maximum Gasteiger partial charge on any atom is 0.191 e. The molecule has 0 saturated heterocycles. The number of thiazole rings is 1. The second kappa shape index (κ2) is 12.3. The zero-order valence-corrected chi connectivity index (χ0v) is 21.4. The largest absolute Gasteiger partial charge is 0.493 e. The number of aliphatic imine (C=N–C) groups is 1. The van der Waals surface area contributed by atoms with Crippen molar-refractivity contribution in [3.8, 4) is 11.5 Å². The summed E-state index contributed by atoms with van der Waals surface area (Å²) in [7, 11) is 1.69. The molecule has 166 valence electrons. The molecule has 1 aliphatic carbocycles. The third-order valence-corrected chi connectivity index (χ3v) is 6.17. The molecule has 0 aliphatic heterocycles. The van der Waals surface area contributed by atoms with Gasteiger partial charge in [-0.1, -0.05) is 12.1 Å². The number of benzene rings is 1. The van der Waals surface area contributed by atoms with Gasteiger partial charge in [-0.2, -0.15) is 0 Å². The minimum atomic E-state index is 0. The fourth-order valence-electron chi connectivity index (χ4n) is 3.43. The van der Waals surface area contributed by atoms with E-state index in [0.29, 0.717) is 13.1 Å². The van der Waals surface area contributed by atoms with Gasteiger partial charge in [-0.05, 0) is 52.5 Å². The Bertz CT molecular complexity index is 815. The smallest absolute Gasteiger partial charge is 0.191 e. The minimum Gasteiger partial charge on any atom is -0.493 e. The van der Waals surface area contributed by atoms with Crippen molar-refractivity contribution < 1.29 is 9.47 Å². The topological polar surface area (TPSA) is 67.8 Å². The molecule has 30 heavy (non-hydrogen) atoms. The number of guanidine groups is 1. The van der Waals surface area contributed by atoms with Crippen molar-refractivity contribution in [3.05, 3.63) is 39.3 Å². The van der Waals surface area contributed by atoms with Gasteiger partial charge in [0.1, 0.15) is 5.01 Å². The number of nitrogens with one attached hydrogen (secondary N) is 2. The second-order valence-electron chi connectivity index (χ2n) is 7.27. The lowest BCUT2D eigenvalue weighted by atomic mass is 10.1. The summed E-state index contributed by atoms with van der Waals surface area (Å²) in [5.41, 5.74) is 2.13. The molecule has 1 aliphatic rings. The molecule has 1 aromatic carbocycles. The van der Waals surface area contributed by atoms with Gasteiger partial charge in [0.25, 0.3) is 0 Å². The van der Waals surface area contributed by atoms with Gasteiger partial charge >= 0.3 is 0 Å². The monoisotopic (exact) mass is 544 g/mol. The summed E-state index contributed by atoms with van der Waals surface area (Å²) in [6, 6.07) is 6.01. The molecule has 0 spiro atoms. The number of methoxy groups -OCH3 is 1. The number of aryl methyl sites for hydroxylation is 2. The molecular weight excluding hydrogens is 511 g/mol. The standard InChI is InChI=1S/C22H32N4O2S.HI/c1-5-23-22(25-14-20-26-15(2)16(3)29-20)24-13-17-9-8-12-19(27-4)21(17)28-18-10-6-7-11-18;/h8-9,12,18H,5-7,10-11,13-14H2,1-4H3,(H2,23,24,25);1H. The van der Waals surface area contributed by atoms with Crippen LogP contribution in [0, 0.1) is 13.8 Å². The summed E-state index contributed by atoms with van der Waals surface area (Å²) >= 11 is 1.72. The Hall–Kier alpha value is -1.55. The molecular formula is C22H33IN4O2S. The molecule has 3 rings (SSSR count). The maximum atomic E-state index is 6.32. The van der Waals surface area contributed by atoms with E-state index in [9.17, 15) is 0 Å². The van der Waals surface area contributed by atoms with E-state index in [1.54, 1.807) is 18.4 Å². The molecule has 6 nitrogen and oxygen atoms in total. The summed E-state index contributed by atoms with van der Waals surface area (Å²) in [5.74, 6) is 2.37. The third-order valence-electron chi connectivity index (χ3n) is 5.10. The van der Waals surface area contributed by atoms with Gasteiger partial charge in [-0.3, -0.25) is 0 Å². The molecule has 8 heteroatoms. The predicted octanol–water partition coefficient (Wildman–Crippen LogP) is 4.96. The SMILES string of the molecule is CCNC(=NCc1cccc(OC)c1OC1CCCC1)NCc1nc(C)c(C)s1.I. The molecule has 1 aromatic heterocycles. The van der Waals surface area contributed by atoms with E-state index in [2.05, 4.69) is 35.5 Å². The van der Waals surface area contributed by atoms with E-state index in [4.69, 9.17) is 14.5 Å². The van der Waals surface area contributed by atoms with Crippen molar-refractivity contribution in [3.63, 3.8) is 0 Å². The highest BCUT2D eigenvalue weighted by atomic mass is 127. The number of hydrogen-bond acceptors (Lipinski definition) is 5. The number of halogens is 1. The van der Waals surface area contributed by atoms with Gasteiger partial charge in [0.2, 0.25) is 0 Å². The van der Waals surface area contributed by atoms with Crippen molar-refractivity contribution in [1.29, 1.82) is 0 Å². The Morgan fingerprint density at radius 3 is 2.63 bits per heavy atom. The fraction of sp³-hybridized carbons (Fsp3) is 0.545. The first-order valence-electron chi connectivity index (χ1n) is 10.4. The van der Waals surface area contributed by atoms with Crippen LogP contribution in [0.15, 0.2) is 23.2 Å². The average molecular weight is 545 g/mol. The van der Waals surface area contributed by atoms with Gasteiger partial charge in [-0.15, -0.1) is 35.3 Å². The Balaban J connectivity index is 0.00000320. The molecule has 0 atom stereocenters. The first-order chi connectivity index (χ1) is 14.1.